The van der Waals surface area contributed by atoms with Crippen LogP contribution in [-0.4, -0.2) is 0 Å². The topological polar surface area (TPSA) is 0 Å². The zero-order chi connectivity index (χ0) is 13.8. The van der Waals surface area contributed by atoms with Gasteiger partial charge in [-0.15, -0.1) is 0 Å². The highest BCUT2D eigenvalue weighted by Crippen LogP contribution is 2.40. The van der Waals surface area contributed by atoms with Gasteiger partial charge in [-0.05, 0) is 43.4 Å². The standard InChI is InChI=1S/C17H34/c1-10-16(12(3)4)14(6)13(5)15(7)17(8,9)11-2/h13-15H,10-11H2,1-9H3. The summed E-state index contributed by atoms with van der Waals surface area (Å²) in [4.78, 5) is 0. The van der Waals surface area contributed by atoms with Crippen LogP contribution >= 0.6 is 0 Å². The molecular weight excluding hydrogens is 204 g/mol. The summed E-state index contributed by atoms with van der Waals surface area (Å²) in [5, 5.41) is 0. The van der Waals surface area contributed by atoms with Crippen molar-refractivity contribution in [2.45, 2.75) is 75.2 Å². The van der Waals surface area contributed by atoms with Crippen LogP contribution in [0.1, 0.15) is 75.2 Å². The first kappa shape index (κ1) is 16.7. The third-order valence-electron chi connectivity index (χ3n) is 5.29. The average Bonchev–Trinajstić information content (AvgIpc) is 2.27. The summed E-state index contributed by atoms with van der Waals surface area (Å²) in [6, 6.07) is 0. The van der Waals surface area contributed by atoms with E-state index in [-0.39, 0.29) is 0 Å². The van der Waals surface area contributed by atoms with E-state index in [1.165, 1.54) is 18.4 Å². The highest BCUT2D eigenvalue weighted by molar-refractivity contribution is 5.13. The molecule has 0 aliphatic heterocycles. The Hall–Kier alpha value is -0.260. The molecule has 0 fully saturated rings. The van der Waals surface area contributed by atoms with Crippen LogP contribution in [0.4, 0.5) is 0 Å². The predicted octanol–water partition coefficient (Wildman–Crippen LogP) is 6.08. The van der Waals surface area contributed by atoms with Gasteiger partial charge in [0.05, 0.1) is 0 Å². The molecule has 0 aliphatic carbocycles. The van der Waals surface area contributed by atoms with Crippen LogP contribution in [0, 0.1) is 23.2 Å². The maximum absolute atomic E-state index is 2.44. The maximum atomic E-state index is 2.44. The molecule has 0 saturated heterocycles. The molecule has 0 bridgehead atoms. The van der Waals surface area contributed by atoms with Gasteiger partial charge in [0.1, 0.15) is 0 Å². The smallest absolute Gasteiger partial charge is 0.0201 e. The van der Waals surface area contributed by atoms with Crippen molar-refractivity contribution in [2.75, 3.05) is 0 Å². The molecule has 3 atom stereocenters. The molecule has 0 saturated carbocycles. The Labute approximate surface area is 110 Å². The Balaban J connectivity index is 4.94. The molecule has 0 aliphatic rings. The van der Waals surface area contributed by atoms with Gasteiger partial charge < -0.3 is 0 Å². The maximum Gasteiger partial charge on any atom is -0.0201 e. The summed E-state index contributed by atoms with van der Waals surface area (Å²) in [5.74, 6) is 2.24. The van der Waals surface area contributed by atoms with Gasteiger partial charge in [-0.25, -0.2) is 0 Å². The second-order valence-corrected chi connectivity index (χ2v) is 6.66. The second-order valence-electron chi connectivity index (χ2n) is 6.66. The van der Waals surface area contributed by atoms with Crippen molar-refractivity contribution in [3.63, 3.8) is 0 Å². The van der Waals surface area contributed by atoms with E-state index in [9.17, 15) is 0 Å². The normalized spacial score (nSPS) is 17.5. The average molecular weight is 238 g/mol. The van der Waals surface area contributed by atoms with Crippen molar-refractivity contribution < 1.29 is 0 Å². The molecule has 0 rings (SSSR count). The largest absolute Gasteiger partial charge is 0.0770 e. The molecule has 0 radical (unpaired) electrons. The van der Waals surface area contributed by atoms with Gasteiger partial charge >= 0.3 is 0 Å². The first-order chi connectivity index (χ1) is 7.68. The van der Waals surface area contributed by atoms with Gasteiger partial charge in [-0.1, -0.05) is 66.0 Å². The lowest BCUT2D eigenvalue weighted by atomic mass is 9.67. The van der Waals surface area contributed by atoms with Crippen LogP contribution < -0.4 is 0 Å². The van der Waals surface area contributed by atoms with E-state index in [0.29, 0.717) is 11.3 Å². The third-order valence-corrected chi connectivity index (χ3v) is 5.29. The van der Waals surface area contributed by atoms with Gasteiger partial charge in [0.25, 0.3) is 0 Å². The fourth-order valence-electron chi connectivity index (χ4n) is 2.91. The van der Waals surface area contributed by atoms with E-state index in [2.05, 4.69) is 62.3 Å². The molecule has 0 heteroatoms. The number of hydrogen-bond donors (Lipinski definition) is 0. The Morgan fingerprint density at radius 1 is 1.00 bits per heavy atom. The van der Waals surface area contributed by atoms with Crippen LogP contribution in [0.3, 0.4) is 0 Å². The molecule has 0 aromatic carbocycles. The molecule has 0 heterocycles. The van der Waals surface area contributed by atoms with Crippen LogP contribution in [0.15, 0.2) is 11.1 Å². The van der Waals surface area contributed by atoms with Crippen LogP contribution in [0.2, 0.25) is 0 Å². The Morgan fingerprint density at radius 2 is 1.47 bits per heavy atom. The fraction of sp³-hybridized carbons (Fsp3) is 0.882. The van der Waals surface area contributed by atoms with Crippen molar-refractivity contribution in [1.29, 1.82) is 0 Å². The summed E-state index contributed by atoms with van der Waals surface area (Å²) in [5.41, 5.74) is 3.64. The van der Waals surface area contributed by atoms with E-state index in [0.717, 1.165) is 11.8 Å². The third kappa shape index (κ3) is 4.16. The van der Waals surface area contributed by atoms with Crippen LogP contribution in [-0.2, 0) is 0 Å². The lowest BCUT2D eigenvalue weighted by Crippen LogP contribution is -2.30. The zero-order valence-electron chi connectivity index (χ0n) is 13.6. The summed E-state index contributed by atoms with van der Waals surface area (Å²) in [7, 11) is 0. The minimum Gasteiger partial charge on any atom is -0.0770 e. The van der Waals surface area contributed by atoms with Crippen LogP contribution in [0.25, 0.3) is 0 Å². The molecule has 0 spiro atoms. The Bertz CT molecular complexity index is 253. The molecule has 0 aromatic heterocycles. The molecule has 3 unspecified atom stereocenters. The van der Waals surface area contributed by atoms with Crippen molar-refractivity contribution in [2.24, 2.45) is 23.2 Å². The van der Waals surface area contributed by atoms with Crippen molar-refractivity contribution >= 4 is 0 Å². The Kier molecular flexibility index (Phi) is 6.51. The molecular formula is C17H34. The second kappa shape index (κ2) is 6.61. The van der Waals surface area contributed by atoms with Gasteiger partial charge in [-0.2, -0.15) is 0 Å². The molecule has 0 nitrogen and oxygen atoms in total. The molecule has 0 N–H and O–H groups in total. The highest BCUT2D eigenvalue weighted by atomic mass is 14.4. The van der Waals surface area contributed by atoms with Gasteiger partial charge in [-0.3, -0.25) is 0 Å². The van der Waals surface area contributed by atoms with Gasteiger partial charge in [0.15, 0.2) is 0 Å². The highest BCUT2D eigenvalue weighted by Gasteiger charge is 2.31. The SMILES string of the molecule is CCC(=C(C)C)C(C)C(C)C(C)C(C)(C)CC. The number of allylic oxidation sites excluding steroid dienone is 2. The van der Waals surface area contributed by atoms with Gasteiger partial charge in [0, 0.05) is 0 Å². The summed E-state index contributed by atoms with van der Waals surface area (Å²) < 4.78 is 0. The zero-order valence-corrected chi connectivity index (χ0v) is 13.6. The quantitative estimate of drug-likeness (QED) is 0.492. The fourth-order valence-corrected chi connectivity index (χ4v) is 2.91. The first-order valence-electron chi connectivity index (χ1n) is 7.35. The Morgan fingerprint density at radius 3 is 1.76 bits per heavy atom. The van der Waals surface area contributed by atoms with Crippen LogP contribution in [0.5, 0.6) is 0 Å². The molecule has 0 aromatic rings. The lowest BCUT2D eigenvalue weighted by Gasteiger charge is -2.39. The van der Waals surface area contributed by atoms with E-state index in [1.807, 2.05) is 0 Å². The van der Waals surface area contributed by atoms with Crippen molar-refractivity contribution in [1.82, 2.24) is 0 Å². The predicted molar refractivity (Wildman–Crippen MR) is 80.2 cm³/mol. The summed E-state index contributed by atoms with van der Waals surface area (Å²) in [6.07, 6.45) is 2.47. The van der Waals surface area contributed by atoms with E-state index < -0.39 is 0 Å². The molecule has 0 amide bonds. The van der Waals surface area contributed by atoms with E-state index in [4.69, 9.17) is 0 Å². The number of hydrogen-bond acceptors (Lipinski definition) is 0. The van der Waals surface area contributed by atoms with Crippen molar-refractivity contribution in [3.8, 4) is 0 Å². The monoisotopic (exact) mass is 238 g/mol. The minimum atomic E-state index is 0.453. The minimum absolute atomic E-state index is 0.453. The molecule has 102 valence electrons. The number of rotatable bonds is 6. The van der Waals surface area contributed by atoms with Gasteiger partial charge in [0.2, 0.25) is 0 Å². The summed E-state index contributed by atoms with van der Waals surface area (Å²) >= 11 is 0. The first-order valence-corrected chi connectivity index (χ1v) is 7.35. The van der Waals surface area contributed by atoms with E-state index in [1.54, 1.807) is 5.57 Å². The van der Waals surface area contributed by atoms with E-state index >= 15 is 0 Å². The molecule has 17 heavy (non-hydrogen) atoms. The lowest BCUT2D eigenvalue weighted by molar-refractivity contribution is 0.133. The summed E-state index contributed by atoms with van der Waals surface area (Å²) in [6.45, 7) is 21.2. The van der Waals surface area contributed by atoms with Crippen molar-refractivity contribution in [3.05, 3.63) is 11.1 Å².